The third-order valence-corrected chi connectivity index (χ3v) is 9.67. The Morgan fingerprint density at radius 3 is 1.89 bits per heavy atom. The number of hydrogen-bond acceptors (Lipinski definition) is 3. The zero-order valence-electron chi connectivity index (χ0n) is 16.8. The lowest BCUT2D eigenvalue weighted by Crippen LogP contribution is -2.67. The van der Waals surface area contributed by atoms with Gasteiger partial charge in [-0.05, 0) is 15.4 Å². The van der Waals surface area contributed by atoms with E-state index < -0.39 is 8.32 Å². The third kappa shape index (κ3) is 4.96. The Morgan fingerprint density at radius 1 is 1.04 bits per heavy atom. The summed E-state index contributed by atoms with van der Waals surface area (Å²) in [6, 6.07) is 20.9. The van der Waals surface area contributed by atoms with E-state index in [1.165, 1.54) is 17.3 Å². The Labute approximate surface area is 164 Å². The second-order valence-electron chi connectivity index (χ2n) is 7.73. The Bertz CT molecular complexity index is 696. The average Bonchev–Trinajstić information content (AvgIpc) is 2.62. The van der Waals surface area contributed by atoms with Crippen molar-refractivity contribution in [1.82, 2.24) is 0 Å². The maximum Gasteiger partial charge on any atom is 0.302 e. The SMILES string of the molecule is C=CCC(CO[Si](c1ccccc1)(c1ccccc1)C(C)(C)C)OC(C)=O. The number of rotatable bonds is 8. The third-order valence-electron chi connectivity index (χ3n) is 4.66. The van der Waals surface area contributed by atoms with E-state index in [1.54, 1.807) is 6.08 Å². The van der Waals surface area contributed by atoms with E-state index in [4.69, 9.17) is 9.16 Å². The molecule has 0 saturated heterocycles. The van der Waals surface area contributed by atoms with E-state index in [1.807, 2.05) is 12.1 Å². The molecule has 0 radical (unpaired) electrons. The molecule has 27 heavy (non-hydrogen) atoms. The van der Waals surface area contributed by atoms with Crippen molar-refractivity contribution in [3.63, 3.8) is 0 Å². The first-order chi connectivity index (χ1) is 12.8. The van der Waals surface area contributed by atoms with Crippen LogP contribution in [0, 0.1) is 0 Å². The van der Waals surface area contributed by atoms with Crippen molar-refractivity contribution < 1.29 is 14.0 Å². The Kier molecular flexibility index (Phi) is 7.16. The Balaban J connectivity index is 2.52. The molecular weight excluding hydrogens is 352 g/mol. The van der Waals surface area contributed by atoms with Crippen LogP contribution in [0.15, 0.2) is 73.3 Å². The van der Waals surface area contributed by atoms with Gasteiger partial charge in [0.1, 0.15) is 6.10 Å². The largest absolute Gasteiger partial charge is 0.460 e. The molecule has 2 rings (SSSR count). The Hall–Kier alpha value is -2.17. The molecule has 0 aromatic heterocycles. The molecule has 0 heterocycles. The summed E-state index contributed by atoms with van der Waals surface area (Å²) in [6.45, 7) is 12.2. The van der Waals surface area contributed by atoms with Gasteiger partial charge in [0.25, 0.3) is 8.32 Å². The quantitative estimate of drug-likeness (QED) is 0.392. The lowest BCUT2D eigenvalue weighted by Gasteiger charge is -2.43. The summed E-state index contributed by atoms with van der Waals surface area (Å²) in [5.74, 6) is -0.298. The van der Waals surface area contributed by atoms with Crippen LogP contribution in [-0.4, -0.2) is 27.0 Å². The van der Waals surface area contributed by atoms with Crippen LogP contribution >= 0.6 is 0 Å². The molecule has 4 heteroatoms. The van der Waals surface area contributed by atoms with Gasteiger partial charge in [0, 0.05) is 13.3 Å². The van der Waals surface area contributed by atoms with Crippen molar-refractivity contribution in [2.45, 2.75) is 45.3 Å². The molecule has 0 aliphatic rings. The van der Waals surface area contributed by atoms with E-state index in [9.17, 15) is 4.79 Å². The second-order valence-corrected chi connectivity index (χ2v) is 12.0. The van der Waals surface area contributed by atoms with Crippen molar-refractivity contribution in [2.75, 3.05) is 6.61 Å². The Morgan fingerprint density at radius 2 is 1.52 bits per heavy atom. The molecular formula is C23H30O3Si. The summed E-state index contributed by atoms with van der Waals surface area (Å²) >= 11 is 0. The molecule has 0 N–H and O–H groups in total. The number of carbonyl (C=O) groups is 1. The average molecular weight is 383 g/mol. The van der Waals surface area contributed by atoms with Crippen LogP contribution < -0.4 is 10.4 Å². The summed E-state index contributed by atoms with van der Waals surface area (Å²) in [7, 11) is -2.62. The highest BCUT2D eigenvalue weighted by atomic mass is 28.4. The molecule has 144 valence electrons. The van der Waals surface area contributed by atoms with Crippen molar-refractivity contribution in [3.8, 4) is 0 Å². The summed E-state index contributed by atoms with van der Waals surface area (Å²) in [4.78, 5) is 11.5. The van der Waals surface area contributed by atoms with Gasteiger partial charge in [-0.25, -0.2) is 0 Å². The highest BCUT2D eigenvalue weighted by molar-refractivity contribution is 6.99. The first-order valence-electron chi connectivity index (χ1n) is 9.34. The van der Waals surface area contributed by atoms with Gasteiger partial charge in [-0.2, -0.15) is 0 Å². The minimum absolute atomic E-state index is 0.106. The van der Waals surface area contributed by atoms with Gasteiger partial charge < -0.3 is 9.16 Å². The van der Waals surface area contributed by atoms with Crippen LogP contribution in [0.3, 0.4) is 0 Å². The smallest absolute Gasteiger partial charge is 0.302 e. The van der Waals surface area contributed by atoms with E-state index in [0.29, 0.717) is 13.0 Å². The fourth-order valence-corrected chi connectivity index (χ4v) is 8.14. The van der Waals surface area contributed by atoms with Crippen molar-refractivity contribution in [1.29, 1.82) is 0 Å². The van der Waals surface area contributed by atoms with E-state index in [0.717, 1.165) is 0 Å². The normalized spacial score (nSPS) is 13.0. The predicted octanol–water partition coefficient (Wildman–Crippen LogP) is 4.07. The minimum atomic E-state index is -2.62. The summed E-state index contributed by atoms with van der Waals surface area (Å²) in [6.07, 6.45) is 2.00. The van der Waals surface area contributed by atoms with Gasteiger partial charge >= 0.3 is 5.97 Å². The van der Waals surface area contributed by atoms with E-state index >= 15 is 0 Å². The fraction of sp³-hybridized carbons (Fsp3) is 0.348. The molecule has 0 saturated carbocycles. The van der Waals surface area contributed by atoms with Crippen molar-refractivity contribution in [2.24, 2.45) is 0 Å². The lowest BCUT2D eigenvalue weighted by molar-refractivity contribution is -0.147. The molecule has 0 bridgehead atoms. The summed E-state index contributed by atoms with van der Waals surface area (Å²) < 4.78 is 12.3. The molecule has 0 amide bonds. The zero-order chi connectivity index (χ0) is 19.9. The lowest BCUT2D eigenvalue weighted by atomic mass is 10.2. The van der Waals surface area contributed by atoms with Crippen LogP contribution in [0.5, 0.6) is 0 Å². The van der Waals surface area contributed by atoms with Crippen LogP contribution in [-0.2, 0) is 14.0 Å². The summed E-state index contributed by atoms with van der Waals surface area (Å²) in [5.41, 5.74) is 0. The van der Waals surface area contributed by atoms with Crippen LogP contribution in [0.2, 0.25) is 5.04 Å². The van der Waals surface area contributed by atoms with Gasteiger partial charge in [-0.15, -0.1) is 6.58 Å². The molecule has 0 spiro atoms. The maximum atomic E-state index is 11.5. The number of benzene rings is 2. The number of esters is 1. The monoisotopic (exact) mass is 382 g/mol. The number of hydrogen-bond donors (Lipinski definition) is 0. The van der Waals surface area contributed by atoms with E-state index in [2.05, 4.69) is 75.9 Å². The van der Waals surface area contributed by atoms with Crippen LogP contribution in [0.4, 0.5) is 0 Å². The molecule has 1 unspecified atom stereocenters. The van der Waals surface area contributed by atoms with Gasteiger partial charge in [0.05, 0.1) is 6.61 Å². The fourth-order valence-electron chi connectivity index (χ4n) is 3.55. The zero-order valence-corrected chi connectivity index (χ0v) is 17.8. The van der Waals surface area contributed by atoms with Crippen LogP contribution in [0.25, 0.3) is 0 Å². The molecule has 0 aliphatic heterocycles. The van der Waals surface area contributed by atoms with Crippen molar-refractivity contribution in [3.05, 3.63) is 73.3 Å². The first kappa shape index (κ1) is 21.1. The molecule has 1 atom stereocenters. The molecule has 3 nitrogen and oxygen atoms in total. The van der Waals surface area contributed by atoms with Gasteiger partial charge in [0.15, 0.2) is 0 Å². The molecule has 0 fully saturated rings. The maximum absolute atomic E-state index is 11.5. The highest BCUT2D eigenvalue weighted by Crippen LogP contribution is 2.36. The number of carbonyl (C=O) groups excluding carboxylic acids is 1. The minimum Gasteiger partial charge on any atom is -0.460 e. The number of ether oxygens (including phenoxy) is 1. The van der Waals surface area contributed by atoms with E-state index in [-0.39, 0.29) is 17.1 Å². The van der Waals surface area contributed by atoms with Crippen molar-refractivity contribution >= 4 is 24.7 Å². The first-order valence-corrected chi connectivity index (χ1v) is 11.2. The van der Waals surface area contributed by atoms with Gasteiger partial charge in [0.2, 0.25) is 0 Å². The molecule has 2 aromatic carbocycles. The van der Waals surface area contributed by atoms with Crippen LogP contribution in [0.1, 0.15) is 34.1 Å². The summed E-state index contributed by atoms with van der Waals surface area (Å²) in [5, 5.41) is 2.32. The second kappa shape index (κ2) is 9.15. The highest BCUT2D eigenvalue weighted by Gasteiger charge is 2.50. The molecule has 0 aliphatic carbocycles. The molecule has 2 aromatic rings. The van der Waals surface area contributed by atoms with Gasteiger partial charge in [-0.1, -0.05) is 87.5 Å². The predicted molar refractivity (Wildman–Crippen MR) is 114 cm³/mol. The standard InChI is InChI=1S/C23H30O3Si/c1-6-13-20(26-19(2)24)18-25-27(23(3,4)5,21-14-9-7-10-15-21)22-16-11-8-12-17-22/h6-12,14-17,20H,1,13,18H2,2-5H3. The van der Waals surface area contributed by atoms with Gasteiger partial charge in [-0.3, -0.25) is 4.79 Å². The topological polar surface area (TPSA) is 35.5 Å².